The molecule has 3 rings (SSSR count). The number of nitrogens with one attached hydrogen (secondary N) is 2. The van der Waals surface area contributed by atoms with Crippen molar-refractivity contribution in [3.63, 3.8) is 0 Å². The first-order valence-corrected chi connectivity index (χ1v) is 7.01. The summed E-state index contributed by atoms with van der Waals surface area (Å²) < 4.78 is 10.3. The Kier molecular flexibility index (Phi) is 3.82. The number of rotatable bonds is 5. The molecule has 0 atom stereocenters. The fourth-order valence-corrected chi connectivity index (χ4v) is 2.06. The summed E-state index contributed by atoms with van der Waals surface area (Å²) in [6.07, 6.45) is 3.30. The number of carbonyl (C=O) groups excluding carboxylic acids is 2. The molecule has 1 heterocycles. The summed E-state index contributed by atoms with van der Waals surface area (Å²) in [6.45, 7) is 0. The Morgan fingerprint density at radius 2 is 2.05 bits per heavy atom. The molecule has 0 spiro atoms. The van der Waals surface area contributed by atoms with Gasteiger partial charge in [0.25, 0.3) is 5.91 Å². The van der Waals surface area contributed by atoms with Crippen LogP contribution < -0.4 is 15.4 Å². The van der Waals surface area contributed by atoms with E-state index in [-0.39, 0.29) is 23.5 Å². The predicted octanol–water partition coefficient (Wildman–Crippen LogP) is 2.89. The average molecular weight is 300 g/mol. The van der Waals surface area contributed by atoms with Crippen LogP contribution in [-0.4, -0.2) is 18.9 Å². The van der Waals surface area contributed by atoms with E-state index in [0.29, 0.717) is 17.1 Å². The number of hydrogen-bond donors (Lipinski definition) is 2. The van der Waals surface area contributed by atoms with Crippen LogP contribution in [0.4, 0.5) is 11.4 Å². The summed E-state index contributed by atoms with van der Waals surface area (Å²) in [7, 11) is 1.51. The number of ether oxygens (including phenoxy) is 1. The lowest BCUT2D eigenvalue weighted by atomic mass is 10.2. The standard InChI is InChI=1S/C16H16N2O4/c1-21-13-7-6-11(17-15(19)10-4-5-10)9-12(13)18-16(20)14-3-2-8-22-14/h2-3,6-10H,4-5H2,1H3,(H,17,19)(H,18,20). The van der Waals surface area contributed by atoms with Gasteiger partial charge in [0, 0.05) is 11.6 Å². The highest BCUT2D eigenvalue weighted by Crippen LogP contribution is 2.32. The maximum absolute atomic E-state index is 12.0. The van der Waals surface area contributed by atoms with Gasteiger partial charge in [-0.25, -0.2) is 0 Å². The molecule has 1 aromatic carbocycles. The van der Waals surface area contributed by atoms with Gasteiger partial charge in [0.15, 0.2) is 5.76 Å². The van der Waals surface area contributed by atoms with E-state index in [1.165, 1.54) is 13.4 Å². The molecule has 2 N–H and O–H groups in total. The third-order valence-electron chi connectivity index (χ3n) is 3.41. The van der Waals surface area contributed by atoms with E-state index in [2.05, 4.69) is 10.6 Å². The summed E-state index contributed by atoms with van der Waals surface area (Å²) in [5, 5.41) is 5.55. The van der Waals surface area contributed by atoms with Gasteiger partial charge in [-0.1, -0.05) is 0 Å². The van der Waals surface area contributed by atoms with E-state index in [1.807, 2.05) is 0 Å². The lowest BCUT2D eigenvalue weighted by Crippen LogP contribution is -2.15. The zero-order chi connectivity index (χ0) is 15.5. The summed E-state index contributed by atoms with van der Waals surface area (Å²) in [6, 6.07) is 8.31. The van der Waals surface area contributed by atoms with Crippen LogP contribution in [-0.2, 0) is 4.79 Å². The number of methoxy groups -OCH3 is 1. The van der Waals surface area contributed by atoms with Gasteiger partial charge in [0.2, 0.25) is 5.91 Å². The van der Waals surface area contributed by atoms with Crippen LogP contribution in [0.25, 0.3) is 0 Å². The zero-order valence-corrected chi connectivity index (χ0v) is 12.1. The number of benzene rings is 1. The van der Waals surface area contributed by atoms with E-state index < -0.39 is 0 Å². The van der Waals surface area contributed by atoms with Crippen LogP contribution in [0.3, 0.4) is 0 Å². The van der Waals surface area contributed by atoms with E-state index in [1.54, 1.807) is 30.3 Å². The molecule has 6 heteroatoms. The van der Waals surface area contributed by atoms with E-state index >= 15 is 0 Å². The largest absolute Gasteiger partial charge is 0.495 e. The molecule has 22 heavy (non-hydrogen) atoms. The van der Waals surface area contributed by atoms with Crippen molar-refractivity contribution in [2.45, 2.75) is 12.8 Å². The van der Waals surface area contributed by atoms with Crippen LogP contribution >= 0.6 is 0 Å². The number of furan rings is 1. The molecule has 2 amide bonds. The highest BCUT2D eigenvalue weighted by atomic mass is 16.5. The van der Waals surface area contributed by atoms with Gasteiger partial charge in [0.1, 0.15) is 5.75 Å². The molecular weight excluding hydrogens is 284 g/mol. The first-order valence-electron chi connectivity index (χ1n) is 7.01. The van der Waals surface area contributed by atoms with Crippen LogP contribution in [0.1, 0.15) is 23.4 Å². The van der Waals surface area contributed by atoms with Gasteiger partial charge >= 0.3 is 0 Å². The molecule has 1 aliphatic rings. The summed E-state index contributed by atoms with van der Waals surface area (Å²) in [5.41, 5.74) is 1.09. The van der Waals surface area contributed by atoms with Crippen molar-refractivity contribution in [3.8, 4) is 5.75 Å². The third kappa shape index (κ3) is 3.11. The Morgan fingerprint density at radius 3 is 2.68 bits per heavy atom. The van der Waals surface area contributed by atoms with Crippen LogP contribution in [0, 0.1) is 5.92 Å². The van der Waals surface area contributed by atoms with Crippen molar-refractivity contribution in [1.82, 2.24) is 0 Å². The van der Waals surface area contributed by atoms with Crippen molar-refractivity contribution >= 4 is 23.2 Å². The van der Waals surface area contributed by atoms with Crippen LogP contribution in [0.2, 0.25) is 0 Å². The molecule has 0 radical (unpaired) electrons. The van der Waals surface area contributed by atoms with Gasteiger partial charge < -0.3 is 19.8 Å². The minimum absolute atomic E-state index is 0.00785. The smallest absolute Gasteiger partial charge is 0.291 e. The van der Waals surface area contributed by atoms with E-state index in [9.17, 15) is 9.59 Å². The fraction of sp³-hybridized carbons (Fsp3) is 0.250. The van der Waals surface area contributed by atoms with E-state index in [0.717, 1.165) is 12.8 Å². The summed E-state index contributed by atoms with van der Waals surface area (Å²) in [5.74, 6) is 0.449. The maximum atomic E-state index is 12.0. The van der Waals surface area contributed by atoms with Crippen LogP contribution in [0.15, 0.2) is 41.0 Å². The minimum Gasteiger partial charge on any atom is -0.495 e. The molecule has 0 saturated heterocycles. The van der Waals surface area contributed by atoms with Gasteiger partial charge in [-0.2, -0.15) is 0 Å². The molecule has 1 fully saturated rings. The second kappa shape index (κ2) is 5.93. The van der Waals surface area contributed by atoms with Gasteiger partial charge in [-0.15, -0.1) is 0 Å². The Balaban J connectivity index is 1.78. The quantitative estimate of drug-likeness (QED) is 0.889. The topological polar surface area (TPSA) is 80.6 Å². The highest BCUT2D eigenvalue weighted by molar-refractivity contribution is 6.04. The molecule has 1 aromatic heterocycles. The number of hydrogen-bond acceptors (Lipinski definition) is 4. The summed E-state index contributed by atoms with van der Waals surface area (Å²) in [4.78, 5) is 23.9. The fourth-order valence-electron chi connectivity index (χ4n) is 2.06. The molecule has 0 bridgehead atoms. The first-order chi connectivity index (χ1) is 10.7. The SMILES string of the molecule is COc1ccc(NC(=O)C2CC2)cc1NC(=O)c1ccco1. The molecule has 2 aromatic rings. The third-order valence-corrected chi connectivity index (χ3v) is 3.41. The van der Waals surface area contributed by atoms with Crippen molar-refractivity contribution in [2.24, 2.45) is 5.92 Å². The molecule has 1 aliphatic carbocycles. The average Bonchev–Trinajstić information content (AvgIpc) is 3.22. The van der Waals surface area contributed by atoms with E-state index in [4.69, 9.17) is 9.15 Å². The lowest BCUT2D eigenvalue weighted by Gasteiger charge is -2.12. The molecule has 6 nitrogen and oxygen atoms in total. The Labute approximate surface area is 127 Å². The molecule has 0 unspecified atom stereocenters. The monoisotopic (exact) mass is 300 g/mol. The number of carbonyl (C=O) groups is 2. The first kappa shape index (κ1) is 14.2. The maximum Gasteiger partial charge on any atom is 0.291 e. The normalized spacial score (nSPS) is 13.5. The Hall–Kier alpha value is -2.76. The van der Waals surface area contributed by atoms with Gasteiger partial charge in [-0.05, 0) is 43.2 Å². The van der Waals surface area contributed by atoms with Crippen molar-refractivity contribution in [2.75, 3.05) is 17.7 Å². The lowest BCUT2D eigenvalue weighted by molar-refractivity contribution is -0.117. The van der Waals surface area contributed by atoms with Gasteiger partial charge in [0.05, 0.1) is 19.1 Å². The summed E-state index contributed by atoms with van der Waals surface area (Å²) >= 11 is 0. The van der Waals surface area contributed by atoms with Crippen LogP contribution in [0.5, 0.6) is 5.75 Å². The predicted molar refractivity (Wildman–Crippen MR) is 81.0 cm³/mol. The minimum atomic E-state index is -0.381. The molecular formula is C16H16N2O4. The zero-order valence-electron chi connectivity index (χ0n) is 12.1. The second-order valence-electron chi connectivity index (χ2n) is 5.11. The van der Waals surface area contributed by atoms with Crippen molar-refractivity contribution in [3.05, 3.63) is 42.4 Å². The molecule has 114 valence electrons. The Bertz CT molecular complexity index is 690. The van der Waals surface area contributed by atoms with Crippen molar-refractivity contribution < 1.29 is 18.7 Å². The number of amides is 2. The molecule has 0 aliphatic heterocycles. The Morgan fingerprint density at radius 1 is 1.23 bits per heavy atom. The van der Waals surface area contributed by atoms with Gasteiger partial charge in [-0.3, -0.25) is 9.59 Å². The molecule has 1 saturated carbocycles. The number of anilines is 2. The van der Waals surface area contributed by atoms with Crippen molar-refractivity contribution in [1.29, 1.82) is 0 Å². The highest BCUT2D eigenvalue weighted by Gasteiger charge is 2.29. The second-order valence-corrected chi connectivity index (χ2v) is 5.11.